The number of rotatable bonds is 4. The van der Waals surface area contributed by atoms with Crippen molar-refractivity contribution >= 4 is 17.5 Å². The third-order valence-corrected chi connectivity index (χ3v) is 2.39. The van der Waals surface area contributed by atoms with Crippen LogP contribution >= 0.6 is 11.8 Å². The molecule has 12 heavy (non-hydrogen) atoms. The van der Waals surface area contributed by atoms with Gasteiger partial charge in [-0.15, -0.1) is 0 Å². The number of ketones is 1. The number of thioether (sulfide) groups is 1. The minimum absolute atomic E-state index is 0.118. The Hall–Kier alpha value is -0.770. The van der Waals surface area contributed by atoms with Crippen LogP contribution in [0.1, 0.15) is 13.8 Å². The van der Waals surface area contributed by atoms with Gasteiger partial charge in [-0.05, 0) is 0 Å². The summed E-state index contributed by atoms with van der Waals surface area (Å²) in [7, 11) is 0. The zero-order chi connectivity index (χ0) is 8.97. The molecule has 1 aromatic rings. The summed E-state index contributed by atoms with van der Waals surface area (Å²) in [5.41, 5.74) is 0. The average molecular weight is 184 g/mol. The Balaban J connectivity index is 2.32. The topological polar surface area (TPSA) is 45.8 Å². The van der Waals surface area contributed by atoms with Crippen molar-refractivity contribution in [3.05, 3.63) is 12.4 Å². The van der Waals surface area contributed by atoms with Crippen molar-refractivity contribution in [3.63, 3.8) is 0 Å². The van der Waals surface area contributed by atoms with Gasteiger partial charge in [0.05, 0.1) is 5.75 Å². The second kappa shape index (κ2) is 4.30. The maximum atomic E-state index is 11.2. The first-order chi connectivity index (χ1) is 5.70. The smallest absolute Gasteiger partial charge is 0.165 e. The molecule has 0 radical (unpaired) electrons. The van der Waals surface area contributed by atoms with E-state index in [4.69, 9.17) is 0 Å². The maximum Gasteiger partial charge on any atom is 0.165 e. The lowest BCUT2D eigenvalue weighted by atomic mass is 10.1. The van der Waals surface area contributed by atoms with Crippen LogP contribution in [0.15, 0.2) is 17.6 Å². The predicted molar refractivity (Wildman–Crippen MR) is 49.2 cm³/mol. The normalized spacial score (nSPS) is 10.6. The number of Topliss-reactive ketones (excluding diaryl/α,β-unsaturated/α-hetero) is 1. The first-order valence-corrected chi connectivity index (χ1v) is 4.83. The van der Waals surface area contributed by atoms with Gasteiger partial charge >= 0.3 is 0 Å². The zero-order valence-electron chi connectivity index (χ0n) is 7.20. The van der Waals surface area contributed by atoms with E-state index in [1.165, 1.54) is 11.8 Å². The number of nitrogens with zero attached hydrogens (tertiary/aromatic N) is 1. The Morgan fingerprint density at radius 1 is 1.75 bits per heavy atom. The number of imidazole rings is 1. The highest BCUT2D eigenvalue weighted by Gasteiger charge is 2.07. The Kier molecular flexibility index (Phi) is 3.34. The number of aromatic amines is 1. The fraction of sp³-hybridized carbons (Fsp3) is 0.500. The van der Waals surface area contributed by atoms with Gasteiger partial charge in [-0.2, -0.15) is 0 Å². The second-order valence-electron chi connectivity index (χ2n) is 2.80. The fourth-order valence-corrected chi connectivity index (χ4v) is 1.53. The SMILES string of the molecule is CC(C)C(=O)CSc1ncc[nH]1. The minimum Gasteiger partial charge on any atom is -0.340 e. The van der Waals surface area contributed by atoms with E-state index in [2.05, 4.69) is 9.97 Å². The van der Waals surface area contributed by atoms with Crippen molar-refractivity contribution in [2.75, 3.05) is 5.75 Å². The minimum atomic E-state index is 0.118. The van der Waals surface area contributed by atoms with Crippen molar-refractivity contribution in [1.29, 1.82) is 0 Å². The van der Waals surface area contributed by atoms with Gasteiger partial charge in [0.15, 0.2) is 5.16 Å². The summed E-state index contributed by atoms with van der Waals surface area (Å²) >= 11 is 1.45. The molecular formula is C8H12N2OS. The lowest BCUT2D eigenvalue weighted by Gasteiger charge is -2.00. The number of hydrogen-bond donors (Lipinski definition) is 1. The number of H-pyrrole nitrogens is 1. The van der Waals surface area contributed by atoms with Crippen LogP contribution in [0.5, 0.6) is 0 Å². The quantitative estimate of drug-likeness (QED) is 0.725. The van der Waals surface area contributed by atoms with Gasteiger partial charge in [0, 0.05) is 18.3 Å². The summed E-state index contributed by atoms with van der Waals surface area (Å²) in [5, 5.41) is 0.809. The standard InChI is InChI=1S/C8H12N2OS/c1-6(2)7(11)5-12-8-9-3-4-10-8/h3-4,6H,5H2,1-2H3,(H,9,10). The summed E-state index contributed by atoms with van der Waals surface area (Å²) in [5.74, 6) is 0.884. The molecule has 4 heteroatoms. The van der Waals surface area contributed by atoms with E-state index >= 15 is 0 Å². The second-order valence-corrected chi connectivity index (χ2v) is 3.77. The lowest BCUT2D eigenvalue weighted by molar-refractivity contribution is -0.119. The van der Waals surface area contributed by atoms with Crippen LogP contribution in [0, 0.1) is 5.92 Å². The summed E-state index contributed by atoms with van der Waals surface area (Å²) in [4.78, 5) is 18.1. The van der Waals surface area contributed by atoms with Gasteiger partial charge in [-0.25, -0.2) is 4.98 Å². The average Bonchev–Trinajstić information content (AvgIpc) is 2.51. The van der Waals surface area contributed by atoms with Crippen molar-refractivity contribution in [2.45, 2.75) is 19.0 Å². The molecule has 0 aromatic carbocycles. The summed E-state index contributed by atoms with van der Waals surface area (Å²) in [6, 6.07) is 0. The van der Waals surface area contributed by atoms with E-state index in [0.29, 0.717) is 5.75 Å². The largest absolute Gasteiger partial charge is 0.340 e. The van der Waals surface area contributed by atoms with E-state index < -0.39 is 0 Å². The molecule has 1 aromatic heterocycles. The Morgan fingerprint density at radius 3 is 3.00 bits per heavy atom. The van der Waals surface area contributed by atoms with Crippen LogP contribution in [0.2, 0.25) is 0 Å². The van der Waals surface area contributed by atoms with Crippen LogP contribution in [0.4, 0.5) is 0 Å². The van der Waals surface area contributed by atoms with Gasteiger partial charge in [-0.3, -0.25) is 4.79 Å². The van der Waals surface area contributed by atoms with Gasteiger partial charge in [0.1, 0.15) is 5.78 Å². The van der Waals surface area contributed by atoms with Crippen LogP contribution < -0.4 is 0 Å². The van der Waals surface area contributed by atoms with Crippen LogP contribution in [-0.4, -0.2) is 21.5 Å². The van der Waals surface area contributed by atoms with E-state index in [9.17, 15) is 4.79 Å². The number of aromatic nitrogens is 2. The number of nitrogens with one attached hydrogen (secondary N) is 1. The molecular weight excluding hydrogens is 172 g/mol. The summed E-state index contributed by atoms with van der Waals surface area (Å²) < 4.78 is 0. The molecule has 0 saturated heterocycles. The molecule has 1 rings (SSSR count). The molecule has 0 atom stereocenters. The van der Waals surface area contributed by atoms with Crippen LogP contribution in [0.3, 0.4) is 0 Å². The van der Waals surface area contributed by atoms with E-state index in [1.807, 2.05) is 13.8 Å². The number of carbonyl (C=O) groups is 1. The zero-order valence-corrected chi connectivity index (χ0v) is 8.02. The van der Waals surface area contributed by atoms with Crippen molar-refractivity contribution < 1.29 is 4.79 Å². The molecule has 0 saturated carbocycles. The Bertz CT molecular complexity index is 244. The molecule has 0 aliphatic heterocycles. The molecule has 0 unspecified atom stereocenters. The fourth-order valence-electron chi connectivity index (χ4n) is 0.636. The summed E-state index contributed by atoms with van der Waals surface area (Å²) in [6.07, 6.45) is 3.43. The molecule has 0 amide bonds. The Labute approximate surface area is 76.0 Å². The molecule has 1 heterocycles. The highest BCUT2D eigenvalue weighted by molar-refractivity contribution is 7.99. The van der Waals surface area contributed by atoms with Gasteiger partial charge in [0.25, 0.3) is 0 Å². The third-order valence-electron chi connectivity index (χ3n) is 1.47. The number of carbonyl (C=O) groups excluding carboxylic acids is 1. The highest BCUT2D eigenvalue weighted by atomic mass is 32.2. The molecule has 0 aliphatic rings. The monoisotopic (exact) mass is 184 g/mol. The first kappa shape index (κ1) is 9.32. The van der Waals surface area contributed by atoms with E-state index in [-0.39, 0.29) is 11.7 Å². The molecule has 1 N–H and O–H groups in total. The van der Waals surface area contributed by atoms with E-state index in [0.717, 1.165) is 5.16 Å². The molecule has 0 fully saturated rings. The van der Waals surface area contributed by atoms with Gasteiger partial charge in [0.2, 0.25) is 0 Å². The van der Waals surface area contributed by atoms with Crippen LogP contribution in [-0.2, 0) is 4.79 Å². The summed E-state index contributed by atoms with van der Waals surface area (Å²) in [6.45, 7) is 3.82. The van der Waals surface area contributed by atoms with Crippen molar-refractivity contribution in [2.24, 2.45) is 5.92 Å². The molecule has 0 aliphatic carbocycles. The Morgan fingerprint density at radius 2 is 2.50 bits per heavy atom. The van der Waals surface area contributed by atoms with Crippen LogP contribution in [0.25, 0.3) is 0 Å². The molecule has 66 valence electrons. The molecule has 0 spiro atoms. The first-order valence-electron chi connectivity index (χ1n) is 3.85. The predicted octanol–water partition coefficient (Wildman–Crippen LogP) is 1.73. The van der Waals surface area contributed by atoms with Crippen molar-refractivity contribution in [1.82, 2.24) is 9.97 Å². The van der Waals surface area contributed by atoms with Crippen molar-refractivity contribution in [3.8, 4) is 0 Å². The molecule has 0 bridgehead atoms. The van der Waals surface area contributed by atoms with Gasteiger partial charge in [-0.1, -0.05) is 25.6 Å². The van der Waals surface area contributed by atoms with Gasteiger partial charge < -0.3 is 4.98 Å². The third kappa shape index (κ3) is 2.70. The highest BCUT2D eigenvalue weighted by Crippen LogP contribution is 2.13. The number of hydrogen-bond acceptors (Lipinski definition) is 3. The van der Waals surface area contributed by atoms with E-state index in [1.54, 1.807) is 12.4 Å². The molecule has 3 nitrogen and oxygen atoms in total. The lowest BCUT2D eigenvalue weighted by Crippen LogP contribution is -2.09. The maximum absolute atomic E-state index is 11.2.